The number of carbonyl (C=O) groups is 3. The Morgan fingerprint density at radius 3 is 2.34 bits per heavy atom. The molecule has 12 heteroatoms. The van der Waals surface area contributed by atoms with E-state index in [1.54, 1.807) is 11.4 Å². The molecule has 0 bridgehead atoms. The summed E-state index contributed by atoms with van der Waals surface area (Å²) in [5, 5.41) is 4.12. The fraction of sp³-hybridized carbons (Fsp3) is 0.350. The lowest BCUT2D eigenvalue weighted by Gasteiger charge is -2.30. The highest BCUT2D eigenvalue weighted by Gasteiger charge is 2.37. The molecule has 0 saturated heterocycles. The molecule has 2 amide bonds. The van der Waals surface area contributed by atoms with Crippen LogP contribution >= 0.6 is 46.3 Å². The minimum absolute atomic E-state index is 0.00620. The topological polar surface area (TPSA) is 80.5 Å². The van der Waals surface area contributed by atoms with E-state index in [0.717, 1.165) is 17.3 Å². The summed E-state index contributed by atoms with van der Waals surface area (Å²) in [4.78, 5) is 37.6. The largest absolute Gasteiger partial charge is 0.450 e. The summed E-state index contributed by atoms with van der Waals surface area (Å²) >= 11 is 14.4. The van der Waals surface area contributed by atoms with Gasteiger partial charge in [-0.2, -0.15) is 36.3 Å². The van der Waals surface area contributed by atoms with E-state index in [4.69, 9.17) is 28.9 Å². The lowest BCUT2D eigenvalue weighted by molar-refractivity contribution is -0.167. The smallest absolute Gasteiger partial charge is 0.368 e. The van der Waals surface area contributed by atoms with E-state index in [1.165, 1.54) is 34.4 Å². The zero-order chi connectivity index (χ0) is 23.9. The van der Waals surface area contributed by atoms with Crippen LogP contribution in [0.2, 0.25) is 10.0 Å². The number of benzene rings is 1. The van der Waals surface area contributed by atoms with Gasteiger partial charge in [0.05, 0.1) is 12.2 Å². The average Bonchev–Trinajstić information content (AvgIpc) is 3.17. The number of alkyl halides is 3. The first-order valence-electron chi connectivity index (χ1n) is 9.25. The number of thioether (sulfide) groups is 1. The van der Waals surface area contributed by atoms with Crippen molar-refractivity contribution in [2.45, 2.75) is 31.5 Å². The summed E-state index contributed by atoms with van der Waals surface area (Å²) in [6.07, 6.45) is -4.53. The second kappa shape index (κ2) is 11.9. The summed E-state index contributed by atoms with van der Waals surface area (Å²) < 4.78 is 36.9. The van der Waals surface area contributed by atoms with Gasteiger partial charge >= 0.3 is 6.18 Å². The van der Waals surface area contributed by atoms with Crippen LogP contribution in [-0.2, 0) is 20.8 Å². The van der Waals surface area contributed by atoms with Crippen LogP contribution in [0.5, 0.6) is 0 Å². The van der Waals surface area contributed by atoms with Gasteiger partial charge in [0.1, 0.15) is 6.04 Å². The van der Waals surface area contributed by atoms with Crippen molar-refractivity contribution in [2.75, 3.05) is 16.4 Å². The van der Waals surface area contributed by atoms with E-state index in [9.17, 15) is 27.6 Å². The first kappa shape index (κ1) is 26.5. The van der Waals surface area contributed by atoms with Crippen LogP contribution in [0.3, 0.4) is 0 Å². The molecule has 1 aromatic carbocycles. The van der Waals surface area contributed by atoms with E-state index in [-0.39, 0.29) is 40.7 Å². The number of primary amides is 1. The minimum Gasteiger partial charge on any atom is -0.368 e. The van der Waals surface area contributed by atoms with Gasteiger partial charge in [-0.15, -0.1) is 0 Å². The Hall–Kier alpha value is -1.75. The standard InChI is InChI=1S/C20H19Cl2F3N2O3S2/c21-13-7-14(22)9-15(8-13)27(18(29)6-12-3-5-32-10-12)16(19(26)30)2-1-4-31-11-17(28)20(23,24)25/h3,5,7-10,16H,1-2,4,6,11H2,(H2,26,30)/t16-/m0/s1. The Bertz CT molecular complexity index is 936. The SMILES string of the molecule is NC(=O)[C@H](CCCSCC(=O)C(F)(F)F)N(C(=O)Cc1ccsc1)c1cc(Cl)cc(Cl)c1. The molecule has 0 aliphatic carbocycles. The molecule has 2 rings (SSSR count). The first-order chi connectivity index (χ1) is 15.0. The molecule has 1 heterocycles. The molecule has 2 aromatic rings. The van der Waals surface area contributed by atoms with Crippen molar-refractivity contribution in [3.8, 4) is 0 Å². The van der Waals surface area contributed by atoms with Crippen LogP contribution in [0.4, 0.5) is 18.9 Å². The Morgan fingerprint density at radius 1 is 1.16 bits per heavy atom. The lowest BCUT2D eigenvalue weighted by Crippen LogP contribution is -2.49. The van der Waals surface area contributed by atoms with E-state index < -0.39 is 35.6 Å². The fourth-order valence-electron chi connectivity index (χ4n) is 2.85. The van der Waals surface area contributed by atoms with Crippen molar-refractivity contribution >= 4 is 69.6 Å². The number of Topliss-reactive ketones (excluding diaryl/α,β-unsaturated/α-hetero) is 1. The molecule has 32 heavy (non-hydrogen) atoms. The molecule has 0 unspecified atom stereocenters. The van der Waals surface area contributed by atoms with Gasteiger partial charge in [-0.05, 0) is 59.2 Å². The monoisotopic (exact) mass is 526 g/mol. The number of hydrogen-bond acceptors (Lipinski definition) is 5. The predicted octanol–water partition coefficient (Wildman–Crippen LogP) is 5.13. The molecule has 0 aliphatic rings. The van der Waals surface area contributed by atoms with Gasteiger partial charge < -0.3 is 5.73 Å². The van der Waals surface area contributed by atoms with Gasteiger partial charge in [0, 0.05) is 15.7 Å². The van der Waals surface area contributed by atoms with Gasteiger partial charge in [-0.25, -0.2) is 0 Å². The Balaban J connectivity index is 2.17. The van der Waals surface area contributed by atoms with Gasteiger partial charge in [0.15, 0.2) is 0 Å². The quantitative estimate of drug-likeness (QED) is 0.411. The third kappa shape index (κ3) is 7.99. The highest BCUT2D eigenvalue weighted by atomic mass is 35.5. The van der Waals surface area contributed by atoms with Crippen LogP contribution < -0.4 is 10.6 Å². The third-order valence-corrected chi connectivity index (χ3v) is 6.50. The van der Waals surface area contributed by atoms with Crippen LogP contribution in [0, 0.1) is 0 Å². The number of halogens is 5. The Morgan fingerprint density at radius 2 is 1.81 bits per heavy atom. The average molecular weight is 527 g/mol. The number of carbonyl (C=O) groups excluding carboxylic acids is 3. The molecule has 0 saturated carbocycles. The first-order valence-corrected chi connectivity index (χ1v) is 12.1. The van der Waals surface area contributed by atoms with Crippen molar-refractivity contribution in [3.05, 3.63) is 50.6 Å². The van der Waals surface area contributed by atoms with Crippen LogP contribution in [0.25, 0.3) is 0 Å². The predicted molar refractivity (Wildman–Crippen MR) is 123 cm³/mol. The van der Waals surface area contributed by atoms with E-state index >= 15 is 0 Å². The summed E-state index contributed by atoms with van der Waals surface area (Å²) in [5.41, 5.74) is 6.61. The Labute approximate surface area is 201 Å². The molecule has 1 atom stereocenters. The summed E-state index contributed by atoms with van der Waals surface area (Å²) in [7, 11) is 0. The summed E-state index contributed by atoms with van der Waals surface area (Å²) in [6, 6.07) is 5.13. The fourth-order valence-corrected chi connectivity index (χ4v) is 4.90. The van der Waals surface area contributed by atoms with Crippen molar-refractivity contribution < 1.29 is 27.6 Å². The normalized spacial score (nSPS) is 12.4. The Kier molecular flexibility index (Phi) is 9.87. The lowest BCUT2D eigenvalue weighted by atomic mass is 10.1. The number of amides is 2. The zero-order valence-electron chi connectivity index (χ0n) is 16.5. The van der Waals surface area contributed by atoms with Gasteiger partial charge in [0.2, 0.25) is 17.6 Å². The number of thiophene rings is 1. The van der Waals surface area contributed by atoms with Gasteiger partial charge in [-0.3, -0.25) is 19.3 Å². The molecule has 174 valence electrons. The molecular weight excluding hydrogens is 508 g/mol. The van der Waals surface area contributed by atoms with Crippen LogP contribution in [0.15, 0.2) is 35.0 Å². The third-order valence-electron chi connectivity index (χ3n) is 4.29. The minimum atomic E-state index is -4.88. The molecule has 1 aromatic heterocycles. The maximum absolute atomic E-state index is 13.1. The molecule has 2 N–H and O–H groups in total. The second-order valence-electron chi connectivity index (χ2n) is 6.73. The van der Waals surface area contributed by atoms with E-state index in [0.29, 0.717) is 0 Å². The zero-order valence-corrected chi connectivity index (χ0v) is 19.7. The maximum atomic E-state index is 13.1. The molecule has 0 radical (unpaired) electrons. The van der Waals surface area contributed by atoms with Crippen LogP contribution in [0.1, 0.15) is 18.4 Å². The summed E-state index contributed by atoms with van der Waals surface area (Å²) in [6.45, 7) is 0. The molecule has 0 fully saturated rings. The van der Waals surface area contributed by atoms with Crippen molar-refractivity contribution in [3.63, 3.8) is 0 Å². The van der Waals surface area contributed by atoms with Gasteiger partial charge in [-0.1, -0.05) is 23.2 Å². The van der Waals surface area contributed by atoms with Crippen LogP contribution in [-0.4, -0.2) is 41.3 Å². The number of rotatable bonds is 11. The number of ketones is 1. The number of hydrogen-bond donors (Lipinski definition) is 1. The van der Waals surface area contributed by atoms with Crippen molar-refractivity contribution in [1.29, 1.82) is 0 Å². The second-order valence-corrected chi connectivity index (χ2v) is 9.49. The molecular formula is C20H19Cl2F3N2O3S2. The van der Waals surface area contributed by atoms with Crippen molar-refractivity contribution in [1.82, 2.24) is 0 Å². The van der Waals surface area contributed by atoms with Crippen molar-refractivity contribution in [2.24, 2.45) is 5.73 Å². The maximum Gasteiger partial charge on any atom is 0.450 e. The van der Waals surface area contributed by atoms with E-state index in [2.05, 4.69) is 0 Å². The number of nitrogens with zero attached hydrogens (tertiary/aromatic N) is 1. The number of anilines is 1. The number of nitrogens with two attached hydrogens (primary N) is 1. The van der Waals surface area contributed by atoms with E-state index in [1.807, 2.05) is 5.38 Å². The highest BCUT2D eigenvalue weighted by molar-refractivity contribution is 7.99. The summed E-state index contributed by atoms with van der Waals surface area (Å²) in [5.74, 6) is -3.55. The molecule has 0 aliphatic heterocycles. The van der Waals surface area contributed by atoms with Gasteiger partial charge in [0.25, 0.3) is 0 Å². The highest BCUT2D eigenvalue weighted by Crippen LogP contribution is 2.29. The molecule has 0 spiro atoms. The molecule has 5 nitrogen and oxygen atoms in total.